The van der Waals surface area contributed by atoms with Gasteiger partial charge in [-0.3, -0.25) is 4.79 Å². The number of oxime groups is 1. The third-order valence-corrected chi connectivity index (χ3v) is 8.97. The fraction of sp³-hybridized carbons (Fsp3) is 0.375. The lowest BCUT2D eigenvalue weighted by molar-refractivity contribution is -0.137. The summed E-state index contributed by atoms with van der Waals surface area (Å²) in [5, 5.41) is 23.6. The predicted octanol–water partition coefficient (Wildman–Crippen LogP) is 7.51. The number of aryl methyl sites for hydroxylation is 1. The number of fused-ring (bicyclic) bond motifs is 5. The van der Waals surface area contributed by atoms with Crippen molar-refractivity contribution in [1.82, 2.24) is 4.57 Å². The van der Waals surface area contributed by atoms with Gasteiger partial charge in [0.2, 0.25) is 0 Å². The molecule has 0 saturated carbocycles. The molecule has 1 unspecified atom stereocenters. The maximum absolute atomic E-state index is 12.1. The Bertz CT molecular complexity index is 1510. The summed E-state index contributed by atoms with van der Waals surface area (Å²) >= 11 is 0. The molecule has 1 atom stereocenters. The van der Waals surface area contributed by atoms with Crippen molar-refractivity contribution >= 4 is 34.7 Å². The van der Waals surface area contributed by atoms with E-state index in [9.17, 15) is 15.1 Å². The molecular formula is C32H36N2O3. The molecule has 3 aromatic rings. The molecular weight excluding hydrogens is 460 g/mol. The number of allylic oxidation sites excluding steroid dienone is 2. The van der Waals surface area contributed by atoms with E-state index >= 15 is 0 Å². The monoisotopic (exact) mass is 496 g/mol. The number of rotatable bonds is 6. The van der Waals surface area contributed by atoms with Gasteiger partial charge in [0.1, 0.15) is 5.92 Å². The molecule has 0 bridgehead atoms. The minimum absolute atomic E-state index is 0.0566. The average Bonchev–Trinajstić information content (AvgIpc) is 3.21. The smallest absolute Gasteiger partial charge is 0.316 e. The van der Waals surface area contributed by atoms with E-state index in [0.29, 0.717) is 5.56 Å². The van der Waals surface area contributed by atoms with E-state index in [1.807, 2.05) is 18.2 Å². The maximum Gasteiger partial charge on any atom is 0.316 e. The average molecular weight is 497 g/mol. The molecule has 0 saturated heterocycles. The number of carboxylic acids is 1. The van der Waals surface area contributed by atoms with Gasteiger partial charge in [0.15, 0.2) is 0 Å². The summed E-state index contributed by atoms with van der Waals surface area (Å²) in [6.07, 6.45) is 6.82. The lowest BCUT2D eigenvalue weighted by atomic mass is 9.56. The Morgan fingerprint density at radius 2 is 1.73 bits per heavy atom. The first-order chi connectivity index (χ1) is 17.7. The Morgan fingerprint density at radius 3 is 2.35 bits per heavy atom. The summed E-state index contributed by atoms with van der Waals surface area (Å²) in [7, 11) is 0. The zero-order valence-electron chi connectivity index (χ0n) is 22.6. The minimum Gasteiger partial charge on any atom is -0.480 e. The fourth-order valence-corrected chi connectivity index (χ4v) is 7.05. The van der Waals surface area contributed by atoms with Gasteiger partial charge in [-0.2, -0.15) is 0 Å². The summed E-state index contributed by atoms with van der Waals surface area (Å²) < 4.78 is 2.36. The second kappa shape index (κ2) is 8.76. The Balaban J connectivity index is 1.86. The van der Waals surface area contributed by atoms with Gasteiger partial charge in [0.05, 0.1) is 5.71 Å². The molecule has 1 aromatic heterocycles. The highest BCUT2D eigenvalue weighted by Crippen LogP contribution is 2.57. The quantitative estimate of drug-likeness (QED) is 0.211. The van der Waals surface area contributed by atoms with Gasteiger partial charge in [0, 0.05) is 34.0 Å². The molecule has 0 amide bonds. The Kier molecular flexibility index (Phi) is 5.93. The summed E-state index contributed by atoms with van der Waals surface area (Å²) in [5.74, 6) is -2.02. The van der Waals surface area contributed by atoms with Crippen molar-refractivity contribution in [3.63, 3.8) is 0 Å². The largest absolute Gasteiger partial charge is 0.480 e. The number of nitrogens with zero attached hydrogens (tertiary/aromatic N) is 2. The van der Waals surface area contributed by atoms with Gasteiger partial charge in [-0.1, -0.05) is 69.3 Å². The Hall–Kier alpha value is -3.60. The number of aliphatic carboxylic acids is 1. The summed E-state index contributed by atoms with van der Waals surface area (Å²) in [6.45, 7) is 13.7. The van der Waals surface area contributed by atoms with Crippen molar-refractivity contribution in [2.45, 2.75) is 77.7 Å². The van der Waals surface area contributed by atoms with Gasteiger partial charge < -0.3 is 14.9 Å². The Morgan fingerprint density at radius 1 is 1.03 bits per heavy atom. The number of carboxylic acid groups (broad SMARTS) is 1. The van der Waals surface area contributed by atoms with Crippen molar-refractivity contribution < 1.29 is 15.1 Å². The van der Waals surface area contributed by atoms with E-state index < -0.39 is 11.9 Å². The van der Waals surface area contributed by atoms with E-state index in [-0.39, 0.29) is 16.5 Å². The molecule has 5 rings (SSSR count). The van der Waals surface area contributed by atoms with Crippen molar-refractivity contribution in [2.75, 3.05) is 0 Å². The highest BCUT2D eigenvalue weighted by molar-refractivity contribution is 6.06. The maximum atomic E-state index is 12.1. The molecule has 2 N–H and O–H groups in total. The summed E-state index contributed by atoms with van der Waals surface area (Å²) in [6, 6.07) is 14.7. The molecule has 37 heavy (non-hydrogen) atoms. The van der Waals surface area contributed by atoms with E-state index in [0.717, 1.165) is 30.3 Å². The van der Waals surface area contributed by atoms with Crippen LogP contribution in [-0.4, -0.2) is 26.6 Å². The predicted molar refractivity (Wildman–Crippen MR) is 151 cm³/mol. The zero-order chi connectivity index (χ0) is 26.7. The molecule has 192 valence electrons. The second-order valence-electron chi connectivity index (χ2n) is 10.9. The molecule has 5 nitrogen and oxygen atoms in total. The van der Waals surface area contributed by atoms with Gasteiger partial charge in [-0.05, 0) is 78.3 Å². The van der Waals surface area contributed by atoms with Gasteiger partial charge in [-0.15, -0.1) is 0 Å². The van der Waals surface area contributed by atoms with Crippen molar-refractivity contribution in [1.29, 1.82) is 0 Å². The second-order valence-corrected chi connectivity index (χ2v) is 10.9. The molecule has 0 radical (unpaired) electrons. The third-order valence-electron chi connectivity index (χ3n) is 8.97. The first kappa shape index (κ1) is 25.1. The Labute approximate surface area is 218 Å². The van der Waals surface area contributed by atoms with Crippen molar-refractivity contribution in [3.05, 3.63) is 81.6 Å². The molecule has 2 aliphatic carbocycles. The summed E-state index contributed by atoms with van der Waals surface area (Å²) in [4.78, 5) is 12.1. The third kappa shape index (κ3) is 3.36. The molecule has 0 fully saturated rings. The van der Waals surface area contributed by atoms with Crippen LogP contribution in [-0.2, 0) is 22.2 Å². The van der Waals surface area contributed by atoms with Crippen LogP contribution >= 0.6 is 0 Å². The highest BCUT2D eigenvalue weighted by Gasteiger charge is 2.47. The molecule has 0 aliphatic heterocycles. The van der Waals surface area contributed by atoms with Crippen LogP contribution in [0.15, 0.2) is 58.8 Å². The number of carbonyl (C=O) groups is 1. The van der Waals surface area contributed by atoms with Gasteiger partial charge >= 0.3 is 5.97 Å². The van der Waals surface area contributed by atoms with Crippen LogP contribution in [0.4, 0.5) is 0 Å². The van der Waals surface area contributed by atoms with E-state index in [1.54, 1.807) is 6.92 Å². The molecule has 5 heteroatoms. The topological polar surface area (TPSA) is 74.8 Å². The molecule has 2 aromatic carbocycles. The number of benzene rings is 2. The normalized spacial score (nSPS) is 18.4. The van der Waals surface area contributed by atoms with Crippen molar-refractivity contribution in [2.24, 2.45) is 5.16 Å². The van der Waals surface area contributed by atoms with Crippen LogP contribution in [0.25, 0.3) is 23.1 Å². The molecule has 1 heterocycles. The number of hydrogen-bond acceptors (Lipinski definition) is 3. The fourth-order valence-electron chi connectivity index (χ4n) is 7.05. The number of hydrogen-bond donors (Lipinski definition) is 2. The lowest BCUT2D eigenvalue weighted by Gasteiger charge is -2.47. The SMILES string of the molecule is CCn1c2c(c3cc(C(C(=O)O)C(C)=NO)ccc31)C(C)(C)C1=Cc3ccccc3C(CC)(CC)C1=C2. The standard InChI is InChI=1S/C32H36N2O3/c1-7-32(8-2)23-13-11-10-12-20(23)17-24-25(32)18-27-29(31(24,5)6)22-16-21(14-15-26(22)34(27)9-3)28(30(35)36)19(4)33-37/h10-18,28,37H,7-9H2,1-6H3,(H,35,36). The van der Waals surface area contributed by atoms with E-state index in [4.69, 9.17) is 0 Å². The van der Waals surface area contributed by atoms with Crippen LogP contribution in [0.5, 0.6) is 0 Å². The van der Waals surface area contributed by atoms with Crippen LogP contribution in [0.3, 0.4) is 0 Å². The number of aromatic nitrogens is 1. The van der Waals surface area contributed by atoms with Crippen LogP contribution < -0.4 is 0 Å². The lowest BCUT2D eigenvalue weighted by Crippen LogP contribution is -2.38. The minimum atomic E-state index is -1.03. The van der Waals surface area contributed by atoms with Crippen LogP contribution in [0.1, 0.15) is 88.2 Å². The van der Waals surface area contributed by atoms with Crippen LogP contribution in [0, 0.1) is 0 Å². The molecule has 2 aliphatic rings. The summed E-state index contributed by atoms with van der Waals surface area (Å²) in [5.41, 5.74) is 9.40. The van der Waals surface area contributed by atoms with Crippen molar-refractivity contribution in [3.8, 4) is 0 Å². The van der Waals surface area contributed by atoms with Crippen LogP contribution in [0.2, 0.25) is 0 Å². The zero-order valence-corrected chi connectivity index (χ0v) is 22.6. The molecule has 0 spiro atoms. The van der Waals surface area contributed by atoms with E-state index in [1.165, 1.54) is 33.5 Å². The van der Waals surface area contributed by atoms with Gasteiger partial charge in [0.25, 0.3) is 0 Å². The first-order valence-electron chi connectivity index (χ1n) is 13.3. The van der Waals surface area contributed by atoms with E-state index in [2.05, 4.69) is 80.8 Å². The van der Waals surface area contributed by atoms with Gasteiger partial charge in [-0.25, -0.2) is 0 Å². The first-order valence-corrected chi connectivity index (χ1v) is 13.3. The highest BCUT2D eigenvalue weighted by atomic mass is 16.4.